The first-order valence-electron chi connectivity index (χ1n) is 6.66. The van der Waals surface area contributed by atoms with Crippen molar-refractivity contribution in [3.05, 3.63) is 0 Å². The Hall–Kier alpha value is -0.690. The lowest BCUT2D eigenvalue weighted by Crippen LogP contribution is -2.38. The Bertz CT molecular complexity index is 272. The van der Waals surface area contributed by atoms with Gasteiger partial charge in [-0.3, -0.25) is 0 Å². The second-order valence-electron chi connectivity index (χ2n) is 5.14. The van der Waals surface area contributed by atoms with Crippen LogP contribution < -0.4 is 5.32 Å². The maximum Gasteiger partial charge on any atom is 0.391 e. The van der Waals surface area contributed by atoms with Gasteiger partial charge in [-0.25, -0.2) is 0 Å². The van der Waals surface area contributed by atoms with Crippen LogP contribution >= 0.6 is 0 Å². The summed E-state index contributed by atoms with van der Waals surface area (Å²) >= 11 is 0. The van der Waals surface area contributed by atoms with Crippen molar-refractivity contribution in [3.8, 4) is 12.3 Å². The number of halogens is 3. The van der Waals surface area contributed by atoms with Gasteiger partial charge in [0.1, 0.15) is 0 Å². The van der Waals surface area contributed by atoms with Crippen molar-refractivity contribution in [1.82, 2.24) is 5.32 Å². The second-order valence-corrected chi connectivity index (χ2v) is 5.14. The Morgan fingerprint density at radius 1 is 1.28 bits per heavy atom. The van der Waals surface area contributed by atoms with Crippen LogP contribution in [-0.4, -0.2) is 19.3 Å². The van der Waals surface area contributed by atoms with E-state index >= 15 is 0 Å². The summed E-state index contributed by atoms with van der Waals surface area (Å²) in [6.45, 7) is 0. The van der Waals surface area contributed by atoms with Crippen LogP contribution in [0.4, 0.5) is 13.2 Å². The van der Waals surface area contributed by atoms with Gasteiger partial charge in [-0.15, -0.1) is 12.3 Å². The van der Waals surface area contributed by atoms with Crippen LogP contribution in [0.2, 0.25) is 0 Å². The highest BCUT2D eigenvalue weighted by molar-refractivity contribution is 4.87. The van der Waals surface area contributed by atoms with Gasteiger partial charge < -0.3 is 5.32 Å². The Kier molecular flexibility index (Phi) is 6.01. The Morgan fingerprint density at radius 2 is 1.89 bits per heavy atom. The molecule has 0 aromatic carbocycles. The van der Waals surface area contributed by atoms with E-state index in [4.69, 9.17) is 6.42 Å². The lowest BCUT2D eigenvalue weighted by atomic mass is 9.77. The average molecular weight is 261 g/mol. The van der Waals surface area contributed by atoms with E-state index in [2.05, 4.69) is 11.2 Å². The summed E-state index contributed by atoms with van der Waals surface area (Å²) in [5, 5.41) is 3.23. The summed E-state index contributed by atoms with van der Waals surface area (Å²) in [4.78, 5) is 0. The molecule has 1 aliphatic carbocycles. The van der Waals surface area contributed by atoms with Crippen LogP contribution in [-0.2, 0) is 0 Å². The number of hydrogen-bond donors (Lipinski definition) is 1. The molecule has 1 rings (SSSR count). The predicted molar refractivity (Wildman–Crippen MR) is 67.0 cm³/mol. The first-order chi connectivity index (χ1) is 8.49. The largest absolute Gasteiger partial charge is 0.391 e. The zero-order valence-electron chi connectivity index (χ0n) is 10.9. The lowest BCUT2D eigenvalue weighted by molar-refractivity contribution is -0.184. The number of rotatable bonds is 5. The standard InChI is InChI=1S/C14H22F3N/c1-3-4-5-6-13(18-2)11-7-9-12(10-8-11)14(15,16)17/h1,11-13,18H,4-10H2,2H3. The van der Waals surface area contributed by atoms with Crippen molar-refractivity contribution >= 4 is 0 Å². The first kappa shape index (κ1) is 15.4. The highest BCUT2D eigenvalue weighted by atomic mass is 19.4. The van der Waals surface area contributed by atoms with E-state index < -0.39 is 12.1 Å². The van der Waals surface area contributed by atoms with Gasteiger partial charge in [0.2, 0.25) is 0 Å². The number of hydrogen-bond acceptors (Lipinski definition) is 1. The van der Waals surface area contributed by atoms with Gasteiger partial charge in [0.15, 0.2) is 0 Å². The molecule has 0 heterocycles. The summed E-state index contributed by atoms with van der Waals surface area (Å²) in [7, 11) is 1.89. The minimum Gasteiger partial charge on any atom is -0.317 e. The molecular formula is C14H22F3N. The molecule has 1 fully saturated rings. The van der Waals surface area contributed by atoms with E-state index in [1.807, 2.05) is 7.05 Å². The van der Waals surface area contributed by atoms with Crippen molar-refractivity contribution in [2.75, 3.05) is 7.05 Å². The van der Waals surface area contributed by atoms with Gasteiger partial charge in [-0.1, -0.05) is 0 Å². The molecule has 1 N–H and O–H groups in total. The molecule has 0 spiro atoms. The molecule has 1 nitrogen and oxygen atoms in total. The van der Waals surface area contributed by atoms with E-state index in [1.54, 1.807) is 0 Å². The second kappa shape index (κ2) is 7.04. The van der Waals surface area contributed by atoms with E-state index in [0.29, 0.717) is 24.8 Å². The van der Waals surface area contributed by atoms with Crippen LogP contribution in [0.1, 0.15) is 44.9 Å². The summed E-state index contributed by atoms with van der Waals surface area (Å²) < 4.78 is 37.7. The SMILES string of the molecule is C#CCCCC(NC)C1CCC(C(F)(F)F)CC1. The van der Waals surface area contributed by atoms with Gasteiger partial charge in [0, 0.05) is 12.5 Å². The van der Waals surface area contributed by atoms with Crippen LogP contribution in [0.25, 0.3) is 0 Å². The Labute approximate surface area is 108 Å². The van der Waals surface area contributed by atoms with E-state index in [9.17, 15) is 13.2 Å². The van der Waals surface area contributed by atoms with E-state index in [1.165, 1.54) is 0 Å². The van der Waals surface area contributed by atoms with E-state index in [-0.39, 0.29) is 12.8 Å². The minimum atomic E-state index is -4.01. The van der Waals surface area contributed by atoms with Gasteiger partial charge in [0.25, 0.3) is 0 Å². The summed E-state index contributed by atoms with van der Waals surface area (Å²) in [6, 6.07) is 0.313. The zero-order chi connectivity index (χ0) is 13.6. The molecular weight excluding hydrogens is 239 g/mol. The first-order valence-corrected chi connectivity index (χ1v) is 6.66. The van der Waals surface area contributed by atoms with Crippen molar-refractivity contribution in [3.63, 3.8) is 0 Å². The quantitative estimate of drug-likeness (QED) is 0.587. The molecule has 18 heavy (non-hydrogen) atoms. The van der Waals surface area contributed by atoms with Crippen molar-refractivity contribution in [2.24, 2.45) is 11.8 Å². The lowest BCUT2D eigenvalue weighted by Gasteiger charge is -2.34. The Morgan fingerprint density at radius 3 is 2.33 bits per heavy atom. The van der Waals surface area contributed by atoms with Crippen LogP contribution in [0.5, 0.6) is 0 Å². The zero-order valence-corrected chi connectivity index (χ0v) is 10.9. The molecule has 0 saturated heterocycles. The number of terminal acetylenes is 1. The molecule has 1 aliphatic rings. The Balaban J connectivity index is 2.38. The van der Waals surface area contributed by atoms with Crippen molar-refractivity contribution in [2.45, 2.75) is 57.2 Å². The molecule has 0 bridgehead atoms. The maximum absolute atomic E-state index is 12.6. The molecule has 0 radical (unpaired) electrons. The average Bonchev–Trinajstić information content (AvgIpc) is 2.34. The summed E-state index contributed by atoms with van der Waals surface area (Å²) in [6.07, 6.45) is 5.75. The highest BCUT2D eigenvalue weighted by Gasteiger charge is 2.42. The third kappa shape index (κ3) is 4.53. The molecule has 4 heteroatoms. The molecule has 0 aromatic heterocycles. The fourth-order valence-electron chi connectivity index (χ4n) is 2.89. The molecule has 0 amide bonds. The molecule has 0 aromatic rings. The topological polar surface area (TPSA) is 12.0 Å². The maximum atomic E-state index is 12.6. The molecule has 0 aliphatic heterocycles. The molecule has 104 valence electrons. The van der Waals surface area contributed by atoms with Crippen molar-refractivity contribution in [1.29, 1.82) is 0 Å². The van der Waals surface area contributed by atoms with Gasteiger partial charge in [-0.2, -0.15) is 13.2 Å². The molecule has 1 unspecified atom stereocenters. The minimum absolute atomic E-state index is 0.279. The predicted octanol–water partition coefficient (Wildman–Crippen LogP) is 3.75. The van der Waals surface area contributed by atoms with Gasteiger partial charge >= 0.3 is 6.18 Å². The van der Waals surface area contributed by atoms with Crippen LogP contribution in [0.15, 0.2) is 0 Å². The smallest absolute Gasteiger partial charge is 0.317 e. The van der Waals surface area contributed by atoms with Crippen LogP contribution in [0.3, 0.4) is 0 Å². The normalized spacial score (nSPS) is 26.6. The monoisotopic (exact) mass is 261 g/mol. The molecule has 1 atom stereocenters. The number of unbranched alkanes of at least 4 members (excludes halogenated alkanes) is 1. The third-order valence-corrected chi connectivity index (χ3v) is 4.01. The van der Waals surface area contributed by atoms with Crippen LogP contribution in [0, 0.1) is 24.2 Å². The van der Waals surface area contributed by atoms with E-state index in [0.717, 1.165) is 19.3 Å². The summed E-state index contributed by atoms with van der Waals surface area (Å²) in [5.41, 5.74) is 0. The van der Waals surface area contributed by atoms with Gasteiger partial charge in [0.05, 0.1) is 5.92 Å². The summed E-state index contributed by atoms with van der Waals surface area (Å²) in [5.74, 6) is 1.88. The van der Waals surface area contributed by atoms with Crippen molar-refractivity contribution < 1.29 is 13.2 Å². The highest BCUT2D eigenvalue weighted by Crippen LogP contribution is 2.40. The molecule has 1 saturated carbocycles. The number of nitrogens with one attached hydrogen (secondary N) is 1. The number of alkyl halides is 3. The van der Waals surface area contributed by atoms with Gasteiger partial charge in [-0.05, 0) is 51.5 Å². The fraction of sp³-hybridized carbons (Fsp3) is 0.857. The third-order valence-electron chi connectivity index (χ3n) is 4.01. The fourth-order valence-corrected chi connectivity index (χ4v) is 2.89.